The molecule has 0 spiro atoms. The summed E-state index contributed by atoms with van der Waals surface area (Å²) >= 11 is 1.80. The van der Waals surface area contributed by atoms with Gasteiger partial charge in [0.2, 0.25) is 0 Å². The number of nitrogens with zero attached hydrogens (tertiary/aromatic N) is 1. The Kier molecular flexibility index (Phi) is 2.70. The van der Waals surface area contributed by atoms with Crippen molar-refractivity contribution in [2.75, 3.05) is 6.54 Å². The topological polar surface area (TPSA) is 3.24 Å². The number of hydrogen-bond acceptors (Lipinski definition) is 2. The molecule has 0 amide bonds. The van der Waals surface area contributed by atoms with Crippen molar-refractivity contribution in [2.45, 2.75) is 32.9 Å². The maximum Gasteiger partial charge on any atom is 0.0245 e. The first kappa shape index (κ1) is 9.22. The van der Waals surface area contributed by atoms with Gasteiger partial charge in [-0.05, 0) is 34.7 Å². The maximum absolute atomic E-state index is 2.59. The minimum atomic E-state index is 0.812. The highest BCUT2D eigenvalue weighted by Crippen LogP contribution is 2.26. The van der Waals surface area contributed by atoms with Gasteiger partial charge in [-0.25, -0.2) is 0 Å². The largest absolute Gasteiger partial charge is 0.296 e. The van der Waals surface area contributed by atoms with E-state index in [4.69, 9.17) is 0 Å². The number of likely N-dealkylation sites (tertiary alicyclic amines) is 1. The Morgan fingerprint density at radius 2 is 2.46 bits per heavy atom. The molecule has 72 valence electrons. The van der Waals surface area contributed by atoms with Gasteiger partial charge in [-0.3, -0.25) is 4.90 Å². The van der Waals surface area contributed by atoms with Gasteiger partial charge in [0.05, 0.1) is 0 Å². The van der Waals surface area contributed by atoms with Crippen LogP contribution in [0.25, 0.3) is 0 Å². The van der Waals surface area contributed by atoms with Gasteiger partial charge in [-0.15, -0.1) is 0 Å². The maximum atomic E-state index is 2.59. The first-order valence-electron chi connectivity index (χ1n) is 5.02. The van der Waals surface area contributed by atoms with Crippen LogP contribution in [0.15, 0.2) is 16.8 Å². The van der Waals surface area contributed by atoms with Crippen LogP contribution >= 0.6 is 11.3 Å². The molecule has 2 heteroatoms. The second-order valence-corrected chi connectivity index (χ2v) is 4.98. The van der Waals surface area contributed by atoms with E-state index < -0.39 is 0 Å². The summed E-state index contributed by atoms with van der Waals surface area (Å²) in [6.07, 6.45) is 1.39. The molecule has 0 bridgehead atoms. The van der Waals surface area contributed by atoms with Gasteiger partial charge < -0.3 is 0 Å². The fourth-order valence-electron chi connectivity index (χ4n) is 2.03. The average Bonchev–Trinajstić information content (AvgIpc) is 2.48. The summed E-state index contributed by atoms with van der Waals surface area (Å²) in [5, 5.41) is 4.43. The Morgan fingerprint density at radius 1 is 1.62 bits per heavy atom. The molecule has 1 saturated heterocycles. The van der Waals surface area contributed by atoms with Crippen molar-refractivity contribution in [2.24, 2.45) is 5.92 Å². The van der Waals surface area contributed by atoms with Gasteiger partial charge in [-0.1, -0.05) is 13.8 Å². The van der Waals surface area contributed by atoms with Crippen molar-refractivity contribution >= 4 is 11.3 Å². The van der Waals surface area contributed by atoms with Gasteiger partial charge in [0, 0.05) is 19.1 Å². The molecule has 1 nitrogen and oxygen atoms in total. The highest BCUT2D eigenvalue weighted by Gasteiger charge is 2.29. The zero-order valence-electron chi connectivity index (χ0n) is 8.36. The zero-order valence-corrected chi connectivity index (χ0v) is 9.18. The summed E-state index contributed by atoms with van der Waals surface area (Å²) in [6, 6.07) is 3.07. The highest BCUT2D eigenvalue weighted by atomic mass is 32.1. The third-order valence-corrected chi connectivity index (χ3v) is 3.65. The lowest BCUT2D eigenvalue weighted by Gasteiger charge is -2.43. The smallest absolute Gasteiger partial charge is 0.0245 e. The van der Waals surface area contributed by atoms with Gasteiger partial charge in [0.15, 0.2) is 0 Å². The van der Waals surface area contributed by atoms with Crippen molar-refractivity contribution in [3.05, 3.63) is 22.4 Å². The Hall–Kier alpha value is -0.340. The fraction of sp³-hybridized carbons (Fsp3) is 0.636. The van der Waals surface area contributed by atoms with Gasteiger partial charge in [0.1, 0.15) is 0 Å². The third kappa shape index (κ3) is 1.94. The van der Waals surface area contributed by atoms with E-state index >= 15 is 0 Å². The second kappa shape index (κ2) is 3.81. The molecule has 0 N–H and O–H groups in total. The highest BCUT2D eigenvalue weighted by molar-refractivity contribution is 7.07. The first-order valence-corrected chi connectivity index (χ1v) is 5.97. The molecule has 2 heterocycles. The van der Waals surface area contributed by atoms with E-state index in [1.807, 2.05) is 0 Å². The van der Waals surface area contributed by atoms with Crippen LogP contribution in [0.4, 0.5) is 0 Å². The molecule has 0 aliphatic carbocycles. The quantitative estimate of drug-likeness (QED) is 0.716. The Labute approximate surface area is 84.4 Å². The molecule has 1 atom stereocenters. The fourth-order valence-corrected chi connectivity index (χ4v) is 2.69. The molecule has 1 aromatic rings. The van der Waals surface area contributed by atoms with E-state index in [0.29, 0.717) is 0 Å². The predicted molar refractivity (Wildman–Crippen MR) is 58.0 cm³/mol. The summed E-state index contributed by atoms with van der Waals surface area (Å²) in [5.41, 5.74) is 1.48. The van der Waals surface area contributed by atoms with Crippen LogP contribution < -0.4 is 0 Å². The first-order chi connectivity index (χ1) is 6.27. The molecule has 0 radical (unpaired) electrons. The van der Waals surface area contributed by atoms with Crippen LogP contribution in [0.1, 0.15) is 25.8 Å². The molecule has 1 fully saturated rings. The van der Waals surface area contributed by atoms with Gasteiger partial charge >= 0.3 is 0 Å². The van der Waals surface area contributed by atoms with Crippen molar-refractivity contribution in [3.8, 4) is 0 Å². The van der Waals surface area contributed by atoms with Crippen LogP contribution in [-0.2, 0) is 6.54 Å². The van der Waals surface area contributed by atoms with Crippen LogP contribution in [-0.4, -0.2) is 17.5 Å². The van der Waals surface area contributed by atoms with Crippen LogP contribution in [0.2, 0.25) is 0 Å². The number of rotatable bonds is 3. The molecule has 0 aromatic carbocycles. The predicted octanol–water partition coefficient (Wildman–Crippen LogP) is 2.98. The van der Waals surface area contributed by atoms with Crippen LogP contribution in [0, 0.1) is 5.92 Å². The lowest BCUT2D eigenvalue weighted by Crippen LogP contribution is -2.49. The van der Waals surface area contributed by atoms with Crippen LogP contribution in [0.5, 0.6) is 0 Å². The summed E-state index contributed by atoms with van der Waals surface area (Å²) in [7, 11) is 0. The summed E-state index contributed by atoms with van der Waals surface area (Å²) < 4.78 is 0. The van der Waals surface area contributed by atoms with E-state index in [2.05, 4.69) is 35.6 Å². The molecule has 13 heavy (non-hydrogen) atoms. The lowest BCUT2D eigenvalue weighted by molar-refractivity contribution is 0.0483. The minimum absolute atomic E-state index is 0.812. The Morgan fingerprint density at radius 3 is 2.92 bits per heavy atom. The normalized spacial score (nSPS) is 23.5. The van der Waals surface area contributed by atoms with Crippen molar-refractivity contribution in [1.29, 1.82) is 0 Å². The Balaban J connectivity index is 1.89. The summed E-state index contributed by atoms with van der Waals surface area (Å²) in [5.74, 6) is 0.812. The number of hydrogen-bond donors (Lipinski definition) is 0. The molecule has 1 unspecified atom stereocenters. The van der Waals surface area contributed by atoms with E-state index in [1.54, 1.807) is 11.3 Å². The van der Waals surface area contributed by atoms with E-state index in [9.17, 15) is 0 Å². The average molecular weight is 195 g/mol. The molecular weight excluding hydrogens is 178 g/mol. The molecule has 1 aliphatic heterocycles. The van der Waals surface area contributed by atoms with E-state index in [1.165, 1.54) is 18.5 Å². The zero-order chi connectivity index (χ0) is 9.26. The molecular formula is C11H17NS. The second-order valence-electron chi connectivity index (χ2n) is 4.20. The van der Waals surface area contributed by atoms with Crippen molar-refractivity contribution in [3.63, 3.8) is 0 Å². The lowest BCUT2D eigenvalue weighted by atomic mass is 9.91. The Bertz CT molecular complexity index is 253. The van der Waals surface area contributed by atoms with E-state index in [0.717, 1.165) is 18.5 Å². The molecule has 0 saturated carbocycles. The van der Waals surface area contributed by atoms with Crippen molar-refractivity contribution in [1.82, 2.24) is 4.90 Å². The van der Waals surface area contributed by atoms with E-state index in [-0.39, 0.29) is 0 Å². The third-order valence-electron chi connectivity index (χ3n) is 2.92. The standard InChI is InChI=1S/C11H17NS/c1-9(2)11-3-5-12(11)7-10-4-6-13-8-10/h4,6,8-9,11H,3,5,7H2,1-2H3. The minimum Gasteiger partial charge on any atom is -0.296 e. The van der Waals surface area contributed by atoms with Crippen LogP contribution in [0.3, 0.4) is 0 Å². The summed E-state index contributed by atoms with van der Waals surface area (Å²) in [6.45, 7) is 7.10. The summed E-state index contributed by atoms with van der Waals surface area (Å²) in [4.78, 5) is 2.59. The molecule has 1 aliphatic rings. The molecule has 1 aromatic heterocycles. The van der Waals surface area contributed by atoms with Gasteiger partial charge in [-0.2, -0.15) is 11.3 Å². The molecule has 2 rings (SSSR count). The van der Waals surface area contributed by atoms with Crippen molar-refractivity contribution < 1.29 is 0 Å². The number of thiophene rings is 1. The van der Waals surface area contributed by atoms with Gasteiger partial charge in [0.25, 0.3) is 0 Å². The monoisotopic (exact) mass is 195 g/mol. The SMILES string of the molecule is CC(C)C1CCN1Cc1ccsc1.